The zero-order valence-electron chi connectivity index (χ0n) is 12.9. The second-order valence-corrected chi connectivity index (χ2v) is 6.82. The number of rotatable bonds is 5. The lowest BCUT2D eigenvalue weighted by atomic mass is 9.87. The molecule has 4 heteroatoms. The molecule has 2 fully saturated rings. The summed E-state index contributed by atoms with van der Waals surface area (Å²) in [4.78, 5) is 5.12. The van der Waals surface area contributed by atoms with Crippen LogP contribution < -0.4 is 10.6 Å². The Bertz CT molecular complexity index is 457. The van der Waals surface area contributed by atoms with Gasteiger partial charge in [0.25, 0.3) is 0 Å². The topological polar surface area (TPSA) is 32.5 Å². The number of hydrogen-bond donors (Lipinski definition) is 1. The van der Waals surface area contributed by atoms with Crippen molar-refractivity contribution in [3.8, 4) is 0 Å². The molecule has 1 heterocycles. The standard InChI is InChI=1S/C17H26ClN3/c1-2-17(13-19,14-3-4-14)21-11-9-20(10-12-21)16-7-5-15(18)6-8-16/h5-8,14H,2-4,9-13,19H2,1H3. The zero-order valence-corrected chi connectivity index (χ0v) is 13.6. The maximum atomic E-state index is 6.18. The molecule has 0 aromatic heterocycles. The molecule has 3 rings (SSSR count). The first-order valence-corrected chi connectivity index (χ1v) is 8.53. The van der Waals surface area contributed by atoms with Gasteiger partial charge in [-0.25, -0.2) is 0 Å². The first kappa shape index (κ1) is 15.1. The molecule has 1 saturated carbocycles. The third kappa shape index (κ3) is 2.92. The van der Waals surface area contributed by atoms with E-state index in [1.165, 1.54) is 24.9 Å². The van der Waals surface area contributed by atoms with Crippen LogP contribution in [0.2, 0.25) is 5.02 Å². The highest BCUT2D eigenvalue weighted by Gasteiger charge is 2.47. The van der Waals surface area contributed by atoms with Gasteiger partial charge in [0.15, 0.2) is 0 Å². The van der Waals surface area contributed by atoms with Crippen molar-refractivity contribution in [1.82, 2.24) is 4.90 Å². The summed E-state index contributed by atoms with van der Waals surface area (Å²) in [5, 5.41) is 0.805. The van der Waals surface area contributed by atoms with Crippen molar-refractivity contribution in [2.45, 2.75) is 31.7 Å². The van der Waals surface area contributed by atoms with E-state index < -0.39 is 0 Å². The number of piperazine rings is 1. The van der Waals surface area contributed by atoms with Crippen molar-refractivity contribution in [2.24, 2.45) is 11.7 Å². The van der Waals surface area contributed by atoms with Crippen LogP contribution in [0.5, 0.6) is 0 Å². The summed E-state index contributed by atoms with van der Waals surface area (Å²) >= 11 is 5.97. The molecule has 0 bridgehead atoms. The normalized spacial score (nSPS) is 23.1. The van der Waals surface area contributed by atoms with Gasteiger partial charge in [0.1, 0.15) is 0 Å². The van der Waals surface area contributed by atoms with Crippen LogP contribution in [0, 0.1) is 5.92 Å². The van der Waals surface area contributed by atoms with Crippen molar-refractivity contribution in [1.29, 1.82) is 0 Å². The molecular formula is C17H26ClN3. The molecule has 1 aromatic carbocycles. The minimum atomic E-state index is 0.256. The van der Waals surface area contributed by atoms with E-state index >= 15 is 0 Å². The Balaban J connectivity index is 1.65. The van der Waals surface area contributed by atoms with Gasteiger partial charge < -0.3 is 10.6 Å². The van der Waals surface area contributed by atoms with E-state index in [1.54, 1.807) is 0 Å². The van der Waals surface area contributed by atoms with Crippen LogP contribution >= 0.6 is 11.6 Å². The van der Waals surface area contributed by atoms with Crippen LogP contribution in [0.25, 0.3) is 0 Å². The van der Waals surface area contributed by atoms with E-state index in [0.29, 0.717) is 0 Å². The first-order chi connectivity index (χ1) is 10.2. The summed E-state index contributed by atoms with van der Waals surface area (Å²) in [6, 6.07) is 8.19. The third-order valence-electron chi connectivity index (χ3n) is 5.40. The SMILES string of the molecule is CCC(CN)(C1CC1)N1CCN(c2ccc(Cl)cc2)CC1. The van der Waals surface area contributed by atoms with Crippen LogP contribution in [-0.2, 0) is 0 Å². The summed E-state index contributed by atoms with van der Waals surface area (Å²) in [5.41, 5.74) is 7.72. The first-order valence-electron chi connectivity index (χ1n) is 8.15. The Hall–Kier alpha value is -0.770. The molecule has 1 aliphatic heterocycles. The predicted molar refractivity (Wildman–Crippen MR) is 90.0 cm³/mol. The largest absolute Gasteiger partial charge is 0.369 e. The lowest BCUT2D eigenvalue weighted by Crippen LogP contribution is -2.61. The van der Waals surface area contributed by atoms with E-state index in [0.717, 1.165) is 43.7 Å². The molecule has 0 radical (unpaired) electrons. The molecule has 1 atom stereocenters. The Morgan fingerprint density at radius 2 is 1.76 bits per heavy atom. The fraction of sp³-hybridized carbons (Fsp3) is 0.647. The highest BCUT2D eigenvalue weighted by molar-refractivity contribution is 6.30. The van der Waals surface area contributed by atoms with Gasteiger partial charge in [0.05, 0.1) is 0 Å². The fourth-order valence-corrected chi connectivity index (χ4v) is 4.02. The monoisotopic (exact) mass is 307 g/mol. The van der Waals surface area contributed by atoms with Gasteiger partial charge in [-0.15, -0.1) is 0 Å². The molecular weight excluding hydrogens is 282 g/mol. The quantitative estimate of drug-likeness (QED) is 0.907. The summed E-state index contributed by atoms with van der Waals surface area (Å²) in [6.45, 7) is 7.49. The number of nitrogens with two attached hydrogens (primary N) is 1. The predicted octanol–water partition coefficient (Wildman–Crippen LogP) is 2.98. The second-order valence-electron chi connectivity index (χ2n) is 6.39. The summed E-state index contributed by atoms with van der Waals surface area (Å²) < 4.78 is 0. The molecule has 2 N–H and O–H groups in total. The van der Waals surface area contributed by atoms with E-state index in [9.17, 15) is 0 Å². The molecule has 0 spiro atoms. The molecule has 116 valence electrons. The smallest absolute Gasteiger partial charge is 0.0407 e. The van der Waals surface area contributed by atoms with E-state index in [4.69, 9.17) is 17.3 Å². The lowest BCUT2D eigenvalue weighted by molar-refractivity contribution is 0.0623. The highest BCUT2D eigenvalue weighted by Crippen LogP contribution is 2.45. The van der Waals surface area contributed by atoms with Gasteiger partial charge in [-0.2, -0.15) is 0 Å². The summed E-state index contributed by atoms with van der Waals surface area (Å²) in [5.74, 6) is 0.828. The summed E-state index contributed by atoms with van der Waals surface area (Å²) in [6.07, 6.45) is 3.90. The third-order valence-corrected chi connectivity index (χ3v) is 5.66. The Morgan fingerprint density at radius 1 is 1.14 bits per heavy atom. The van der Waals surface area contributed by atoms with Crippen LogP contribution in [-0.4, -0.2) is 43.2 Å². The minimum Gasteiger partial charge on any atom is -0.369 e. The Kier molecular flexibility index (Phi) is 4.43. The number of anilines is 1. The van der Waals surface area contributed by atoms with Crippen LogP contribution in [0.1, 0.15) is 26.2 Å². The van der Waals surface area contributed by atoms with Gasteiger partial charge in [-0.3, -0.25) is 4.90 Å². The molecule has 2 aliphatic rings. The van der Waals surface area contributed by atoms with Crippen molar-refractivity contribution in [2.75, 3.05) is 37.6 Å². The van der Waals surface area contributed by atoms with Crippen LogP contribution in [0.15, 0.2) is 24.3 Å². The summed E-state index contributed by atoms with van der Waals surface area (Å²) in [7, 11) is 0. The van der Waals surface area contributed by atoms with Gasteiger partial charge in [0, 0.05) is 49.0 Å². The molecule has 1 aliphatic carbocycles. The van der Waals surface area contributed by atoms with Crippen molar-refractivity contribution in [3.05, 3.63) is 29.3 Å². The van der Waals surface area contributed by atoms with E-state index in [-0.39, 0.29) is 5.54 Å². The molecule has 1 unspecified atom stereocenters. The van der Waals surface area contributed by atoms with E-state index in [1.807, 2.05) is 12.1 Å². The minimum absolute atomic E-state index is 0.256. The molecule has 1 aromatic rings. The average Bonchev–Trinajstić information content (AvgIpc) is 3.36. The van der Waals surface area contributed by atoms with E-state index in [2.05, 4.69) is 28.9 Å². The van der Waals surface area contributed by atoms with Crippen molar-refractivity contribution in [3.63, 3.8) is 0 Å². The fourth-order valence-electron chi connectivity index (χ4n) is 3.89. The number of benzene rings is 1. The molecule has 1 saturated heterocycles. The van der Waals surface area contributed by atoms with Gasteiger partial charge >= 0.3 is 0 Å². The van der Waals surface area contributed by atoms with Gasteiger partial charge in [-0.05, 0) is 49.4 Å². The maximum Gasteiger partial charge on any atom is 0.0407 e. The van der Waals surface area contributed by atoms with Crippen LogP contribution in [0.4, 0.5) is 5.69 Å². The maximum absolute atomic E-state index is 6.18. The second kappa shape index (κ2) is 6.15. The molecule has 0 amide bonds. The van der Waals surface area contributed by atoms with Crippen molar-refractivity contribution < 1.29 is 0 Å². The Morgan fingerprint density at radius 3 is 2.24 bits per heavy atom. The average molecular weight is 308 g/mol. The zero-order chi connectivity index (χ0) is 14.9. The Labute approximate surface area is 133 Å². The molecule has 21 heavy (non-hydrogen) atoms. The van der Waals surface area contributed by atoms with Gasteiger partial charge in [0.2, 0.25) is 0 Å². The number of nitrogens with zero attached hydrogens (tertiary/aromatic N) is 2. The lowest BCUT2D eigenvalue weighted by Gasteiger charge is -2.48. The van der Waals surface area contributed by atoms with Gasteiger partial charge in [-0.1, -0.05) is 18.5 Å². The molecule has 3 nitrogen and oxygen atoms in total. The number of hydrogen-bond acceptors (Lipinski definition) is 3. The van der Waals surface area contributed by atoms with Crippen molar-refractivity contribution >= 4 is 17.3 Å². The highest BCUT2D eigenvalue weighted by atomic mass is 35.5. The number of halogens is 1. The van der Waals surface area contributed by atoms with Crippen LogP contribution in [0.3, 0.4) is 0 Å².